The first kappa shape index (κ1) is 18.4. The van der Waals surface area contributed by atoms with E-state index in [2.05, 4.69) is 15.2 Å². The van der Waals surface area contributed by atoms with E-state index in [0.29, 0.717) is 39.0 Å². The van der Waals surface area contributed by atoms with Gasteiger partial charge in [-0.2, -0.15) is 0 Å². The summed E-state index contributed by atoms with van der Waals surface area (Å²) in [6, 6.07) is 7.90. The van der Waals surface area contributed by atoms with Gasteiger partial charge in [-0.15, -0.1) is 10.2 Å². The zero-order chi connectivity index (χ0) is 20.8. The first-order valence-electron chi connectivity index (χ1n) is 9.35. The van der Waals surface area contributed by atoms with E-state index in [0.717, 1.165) is 0 Å². The number of amides is 1. The number of aromatic nitrogens is 3. The summed E-state index contributed by atoms with van der Waals surface area (Å²) in [5, 5.41) is 9.66. The molecule has 1 amide bonds. The predicted octanol–water partition coefficient (Wildman–Crippen LogP) is 3.50. The van der Waals surface area contributed by atoms with Gasteiger partial charge < -0.3 is 9.15 Å². The number of nitrogens with zero attached hydrogens (tertiary/aromatic N) is 4. The van der Waals surface area contributed by atoms with Crippen LogP contribution in [0.5, 0.6) is 5.75 Å². The minimum atomic E-state index is -0.694. The fourth-order valence-corrected chi connectivity index (χ4v) is 4.36. The van der Waals surface area contributed by atoms with Gasteiger partial charge in [0.05, 0.1) is 23.6 Å². The topological polar surface area (TPSA) is 98.4 Å². The van der Waals surface area contributed by atoms with Gasteiger partial charge in [-0.1, -0.05) is 17.4 Å². The lowest BCUT2D eigenvalue weighted by atomic mass is 10.00. The van der Waals surface area contributed by atoms with Gasteiger partial charge in [0.1, 0.15) is 16.3 Å². The second-order valence-electron chi connectivity index (χ2n) is 6.73. The average molecular weight is 420 g/mol. The van der Waals surface area contributed by atoms with Crippen LogP contribution in [0.1, 0.15) is 39.7 Å². The number of ether oxygens (including phenoxy) is 1. The van der Waals surface area contributed by atoms with Gasteiger partial charge in [0, 0.05) is 18.5 Å². The number of aryl methyl sites for hydroxylation is 1. The molecule has 1 aliphatic rings. The standard InChI is InChI=1S/C21H16N4O4S/c1-3-28-13-6-7-14-15(9-13)29-19-16(18(14)26)17(12-5-4-8-22-10-12)25(20(19)27)21-24-23-11(2)30-21/h4-10,17H,3H2,1-2H3. The van der Waals surface area contributed by atoms with Crippen molar-refractivity contribution in [3.8, 4) is 5.75 Å². The molecule has 8 nitrogen and oxygen atoms in total. The monoisotopic (exact) mass is 420 g/mol. The molecular weight excluding hydrogens is 404 g/mol. The molecule has 5 rings (SSSR count). The summed E-state index contributed by atoms with van der Waals surface area (Å²) in [6.07, 6.45) is 3.27. The van der Waals surface area contributed by atoms with E-state index in [4.69, 9.17) is 9.15 Å². The van der Waals surface area contributed by atoms with Gasteiger partial charge >= 0.3 is 0 Å². The fourth-order valence-electron chi connectivity index (χ4n) is 3.64. The molecule has 4 heterocycles. The molecule has 1 atom stereocenters. The summed E-state index contributed by atoms with van der Waals surface area (Å²) in [6.45, 7) is 4.15. The van der Waals surface area contributed by atoms with Gasteiger partial charge in [-0.3, -0.25) is 19.5 Å². The molecule has 1 unspecified atom stereocenters. The minimum absolute atomic E-state index is 0.00264. The summed E-state index contributed by atoms with van der Waals surface area (Å²) >= 11 is 1.28. The Balaban J connectivity index is 1.78. The number of carbonyl (C=O) groups is 1. The highest BCUT2D eigenvalue weighted by Gasteiger charge is 2.45. The summed E-state index contributed by atoms with van der Waals surface area (Å²) in [5.74, 6) is 0.137. The van der Waals surface area contributed by atoms with Crippen LogP contribution in [0.25, 0.3) is 11.0 Å². The normalized spacial score (nSPS) is 15.6. The molecule has 9 heteroatoms. The van der Waals surface area contributed by atoms with Crippen LogP contribution >= 0.6 is 11.3 Å². The van der Waals surface area contributed by atoms with Gasteiger partial charge in [-0.25, -0.2) is 0 Å². The Labute approximate surface area is 174 Å². The SMILES string of the molecule is CCOc1ccc2c(=O)c3c(oc2c1)C(=O)N(c1nnc(C)s1)C3c1cccnc1. The van der Waals surface area contributed by atoms with Crippen LogP contribution in [0.15, 0.2) is 51.9 Å². The Morgan fingerprint density at radius 1 is 1.23 bits per heavy atom. The number of rotatable bonds is 4. The Hall–Kier alpha value is -3.59. The van der Waals surface area contributed by atoms with Crippen molar-refractivity contribution in [2.24, 2.45) is 0 Å². The van der Waals surface area contributed by atoms with Crippen LogP contribution in [-0.4, -0.2) is 27.7 Å². The molecule has 1 aliphatic heterocycles. The average Bonchev–Trinajstić information content (AvgIpc) is 3.30. The molecular formula is C21H16N4O4S. The van der Waals surface area contributed by atoms with Crippen molar-refractivity contribution < 1.29 is 13.9 Å². The molecule has 4 aromatic rings. The van der Waals surface area contributed by atoms with E-state index < -0.39 is 11.9 Å². The van der Waals surface area contributed by atoms with Crippen molar-refractivity contribution in [1.29, 1.82) is 0 Å². The van der Waals surface area contributed by atoms with E-state index in [-0.39, 0.29) is 16.8 Å². The second-order valence-corrected chi connectivity index (χ2v) is 7.89. The number of fused-ring (bicyclic) bond motifs is 2. The van der Waals surface area contributed by atoms with Crippen LogP contribution in [-0.2, 0) is 0 Å². The maximum atomic E-state index is 13.5. The van der Waals surface area contributed by atoms with Crippen LogP contribution < -0.4 is 15.1 Å². The Bertz CT molecular complexity index is 1330. The maximum Gasteiger partial charge on any atom is 0.297 e. The van der Waals surface area contributed by atoms with Gasteiger partial charge in [0.25, 0.3) is 5.91 Å². The Morgan fingerprint density at radius 2 is 2.10 bits per heavy atom. The first-order valence-corrected chi connectivity index (χ1v) is 10.2. The highest BCUT2D eigenvalue weighted by molar-refractivity contribution is 7.15. The molecule has 0 aliphatic carbocycles. The lowest BCUT2D eigenvalue weighted by molar-refractivity contribution is 0.0970. The van der Waals surface area contributed by atoms with E-state index >= 15 is 0 Å². The second kappa shape index (κ2) is 7.03. The van der Waals surface area contributed by atoms with Crippen molar-refractivity contribution in [2.45, 2.75) is 19.9 Å². The van der Waals surface area contributed by atoms with Gasteiger partial charge in [0.2, 0.25) is 10.9 Å². The van der Waals surface area contributed by atoms with Crippen LogP contribution in [0, 0.1) is 6.92 Å². The predicted molar refractivity (Wildman–Crippen MR) is 111 cm³/mol. The number of anilines is 1. The maximum absolute atomic E-state index is 13.5. The quantitative estimate of drug-likeness (QED) is 0.498. The van der Waals surface area contributed by atoms with Crippen LogP contribution in [0.4, 0.5) is 5.13 Å². The molecule has 30 heavy (non-hydrogen) atoms. The van der Waals surface area contributed by atoms with Crippen LogP contribution in [0.3, 0.4) is 0 Å². The number of benzene rings is 1. The van der Waals surface area contributed by atoms with E-state index in [1.54, 1.807) is 43.6 Å². The molecule has 0 spiro atoms. The molecule has 0 N–H and O–H groups in total. The van der Waals surface area contributed by atoms with Crippen molar-refractivity contribution >= 4 is 33.3 Å². The van der Waals surface area contributed by atoms with Crippen molar-refractivity contribution in [1.82, 2.24) is 15.2 Å². The van der Waals surface area contributed by atoms with Crippen molar-refractivity contribution in [2.75, 3.05) is 11.5 Å². The molecule has 0 radical (unpaired) electrons. The fraction of sp³-hybridized carbons (Fsp3) is 0.190. The number of carbonyl (C=O) groups excluding carboxylic acids is 1. The van der Waals surface area contributed by atoms with Crippen molar-refractivity contribution in [3.63, 3.8) is 0 Å². The smallest absolute Gasteiger partial charge is 0.297 e. The molecule has 150 valence electrons. The van der Waals surface area contributed by atoms with Gasteiger partial charge in [-0.05, 0) is 37.6 Å². The Morgan fingerprint density at radius 3 is 2.80 bits per heavy atom. The number of pyridine rings is 1. The first-order chi connectivity index (χ1) is 14.6. The number of hydrogen-bond donors (Lipinski definition) is 0. The van der Waals surface area contributed by atoms with E-state index in [1.807, 2.05) is 13.0 Å². The highest BCUT2D eigenvalue weighted by atomic mass is 32.1. The molecule has 0 saturated carbocycles. The third-order valence-corrected chi connectivity index (χ3v) is 5.71. The van der Waals surface area contributed by atoms with E-state index in [9.17, 15) is 9.59 Å². The summed E-state index contributed by atoms with van der Waals surface area (Å²) in [4.78, 5) is 32.5. The molecule has 0 saturated heterocycles. The molecule has 1 aromatic carbocycles. The zero-order valence-corrected chi connectivity index (χ0v) is 17.0. The summed E-state index contributed by atoms with van der Waals surface area (Å²) in [5.41, 5.74) is 1.01. The van der Waals surface area contributed by atoms with Crippen LogP contribution in [0.2, 0.25) is 0 Å². The highest BCUT2D eigenvalue weighted by Crippen LogP contribution is 2.42. The summed E-state index contributed by atoms with van der Waals surface area (Å²) in [7, 11) is 0. The molecule has 0 bridgehead atoms. The lowest BCUT2D eigenvalue weighted by Crippen LogP contribution is -2.29. The minimum Gasteiger partial charge on any atom is -0.494 e. The molecule has 0 fully saturated rings. The van der Waals surface area contributed by atoms with Crippen molar-refractivity contribution in [3.05, 3.63) is 74.8 Å². The lowest BCUT2D eigenvalue weighted by Gasteiger charge is -2.21. The molecule has 3 aromatic heterocycles. The Kier molecular flexibility index (Phi) is 4.32. The third-order valence-electron chi connectivity index (χ3n) is 4.88. The zero-order valence-electron chi connectivity index (χ0n) is 16.2. The number of hydrogen-bond acceptors (Lipinski definition) is 8. The van der Waals surface area contributed by atoms with Gasteiger partial charge in [0.15, 0.2) is 5.43 Å². The largest absolute Gasteiger partial charge is 0.494 e. The summed E-state index contributed by atoms with van der Waals surface area (Å²) < 4.78 is 11.5. The van der Waals surface area contributed by atoms with E-state index in [1.165, 1.54) is 16.2 Å². The third kappa shape index (κ3) is 2.78.